The molecule has 0 aromatic heterocycles. The summed E-state index contributed by atoms with van der Waals surface area (Å²) >= 11 is 0. The van der Waals surface area contributed by atoms with Gasteiger partial charge in [-0.1, -0.05) is 57.2 Å². The van der Waals surface area contributed by atoms with E-state index in [9.17, 15) is 9.90 Å². The van der Waals surface area contributed by atoms with Crippen molar-refractivity contribution in [2.45, 2.75) is 96.9 Å². The van der Waals surface area contributed by atoms with E-state index in [1.807, 2.05) is 6.08 Å². The molecule has 0 spiro atoms. The minimum Gasteiger partial charge on any atom is -0.481 e. The second kappa shape index (κ2) is 12.5. The van der Waals surface area contributed by atoms with E-state index in [4.69, 9.17) is 14.6 Å². The zero-order chi connectivity index (χ0) is 25.7. The Morgan fingerprint density at radius 2 is 1.97 bits per heavy atom. The van der Waals surface area contributed by atoms with Gasteiger partial charge in [-0.05, 0) is 75.0 Å². The Balaban J connectivity index is 1.54. The standard InChI is InChI=1S/C29H45NO5/c1-7-25-18(3)9-12-26(35-25)19(4)14-17(2)8-10-22-20(5)23(22)11-13-27-29(33)24(30-6)15-21(34-27)16-28(31)32/h8-11,13-14,17,20-27,29-30,33H,7,12,15-16H2,1-6H3,(H,31,32)/b10-8+,13-11+,19-14+/t17-,20-,21+,22+,23+,24+,25-,26-,27+,29-/m1/s1. The molecule has 0 unspecified atom stereocenters. The van der Waals surface area contributed by atoms with Crippen molar-refractivity contribution in [2.75, 3.05) is 7.05 Å². The second-order valence-corrected chi connectivity index (χ2v) is 10.7. The lowest BCUT2D eigenvalue weighted by molar-refractivity contribution is -0.148. The third-order valence-corrected chi connectivity index (χ3v) is 7.96. The van der Waals surface area contributed by atoms with Crippen LogP contribution in [0, 0.1) is 23.7 Å². The van der Waals surface area contributed by atoms with E-state index in [0.717, 1.165) is 12.8 Å². The quantitative estimate of drug-likeness (QED) is 0.389. The van der Waals surface area contributed by atoms with Crippen LogP contribution in [0.3, 0.4) is 0 Å². The third kappa shape index (κ3) is 7.39. The topological polar surface area (TPSA) is 88.0 Å². The number of likely N-dealkylation sites (N-methyl/N-ethyl adjacent to an activating group) is 1. The van der Waals surface area contributed by atoms with E-state index in [2.05, 4.69) is 70.3 Å². The first kappa shape index (κ1) is 27.9. The second-order valence-electron chi connectivity index (χ2n) is 10.7. The maximum atomic E-state index is 11.1. The van der Waals surface area contributed by atoms with Gasteiger partial charge in [0.1, 0.15) is 6.10 Å². The number of carboxylic acid groups (broad SMARTS) is 1. The van der Waals surface area contributed by atoms with Crippen LogP contribution < -0.4 is 5.32 Å². The van der Waals surface area contributed by atoms with Gasteiger partial charge in [0.25, 0.3) is 0 Å². The van der Waals surface area contributed by atoms with Crippen LogP contribution >= 0.6 is 0 Å². The number of aliphatic carboxylic acids is 1. The molecule has 3 aliphatic rings. The highest BCUT2D eigenvalue weighted by Crippen LogP contribution is 2.48. The Morgan fingerprint density at radius 3 is 2.63 bits per heavy atom. The van der Waals surface area contributed by atoms with Gasteiger partial charge in [-0.2, -0.15) is 0 Å². The first-order valence-corrected chi connectivity index (χ1v) is 13.2. The Kier molecular flexibility index (Phi) is 9.94. The number of carboxylic acids is 1. The number of rotatable bonds is 10. The summed E-state index contributed by atoms with van der Waals surface area (Å²) in [4.78, 5) is 11.1. The van der Waals surface area contributed by atoms with E-state index >= 15 is 0 Å². The number of nitrogens with one attached hydrogen (secondary N) is 1. The fourth-order valence-corrected chi connectivity index (χ4v) is 5.53. The molecule has 0 bridgehead atoms. The highest BCUT2D eigenvalue weighted by molar-refractivity contribution is 5.67. The highest BCUT2D eigenvalue weighted by atomic mass is 16.5. The van der Waals surface area contributed by atoms with Gasteiger partial charge in [0.05, 0.1) is 30.8 Å². The SMILES string of the molecule is CC[C@H]1O[C@@H](/C(C)=C/[C@H](C)/C=C/[C@H]2[C@@H](C)[C@@H]2/C=C/[C@@H]2O[C@H](CC(=O)O)C[C@H](NC)[C@H]2O)CC=C1C. The van der Waals surface area contributed by atoms with Crippen LogP contribution in [0.2, 0.25) is 0 Å². The Labute approximate surface area is 211 Å². The highest BCUT2D eigenvalue weighted by Gasteiger charge is 2.43. The molecule has 35 heavy (non-hydrogen) atoms. The van der Waals surface area contributed by atoms with Crippen LogP contribution in [0.25, 0.3) is 0 Å². The third-order valence-electron chi connectivity index (χ3n) is 7.96. The molecule has 0 aromatic rings. The fraction of sp³-hybridized carbons (Fsp3) is 0.690. The summed E-state index contributed by atoms with van der Waals surface area (Å²) in [6.45, 7) is 11.0. The molecule has 1 aliphatic carbocycles. The van der Waals surface area contributed by atoms with Crippen LogP contribution in [0.5, 0.6) is 0 Å². The predicted octanol–water partition coefficient (Wildman–Crippen LogP) is 4.66. The number of ether oxygens (including phenoxy) is 2. The lowest BCUT2D eigenvalue weighted by atomic mass is 9.93. The zero-order valence-corrected chi connectivity index (χ0v) is 22.2. The molecule has 1 saturated carbocycles. The van der Waals surface area contributed by atoms with Crippen molar-refractivity contribution in [2.24, 2.45) is 23.7 Å². The lowest BCUT2D eigenvalue weighted by Crippen LogP contribution is -2.53. The number of hydrogen-bond acceptors (Lipinski definition) is 5. The maximum Gasteiger partial charge on any atom is 0.305 e. The summed E-state index contributed by atoms with van der Waals surface area (Å²) in [6.07, 6.45) is 14.5. The molecular formula is C29H45NO5. The van der Waals surface area contributed by atoms with Gasteiger partial charge < -0.3 is 25.0 Å². The average Bonchev–Trinajstić information content (AvgIpc) is 3.44. The van der Waals surface area contributed by atoms with E-state index in [1.54, 1.807) is 7.05 Å². The van der Waals surface area contributed by atoms with Crippen molar-refractivity contribution in [3.8, 4) is 0 Å². The number of aliphatic hydroxyl groups excluding tert-OH is 1. The molecule has 0 amide bonds. The number of carbonyl (C=O) groups is 1. The van der Waals surface area contributed by atoms with Crippen LogP contribution in [-0.4, -0.2) is 59.8 Å². The van der Waals surface area contributed by atoms with Crippen LogP contribution in [0.1, 0.15) is 60.3 Å². The number of hydrogen-bond donors (Lipinski definition) is 3. The van der Waals surface area contributed by atoms with E-state index < -0.39 is 24.3 Å². The van der Waals surface area contributed by atoms with Crippen molar-refractivity contribution >= 4 is 5.97 Å². The van der Waals surface area contributed by atoms with Crippen molar-refractivity contribution in [1.29, 1.82) is 0 Å². The largest absolute Gasteiger partial charge is 0.481 e. The zero-order valence-electron chi connectivity index (χ0n) is 22.2. The van der Waals surface area contributed by atoms with Gasteiger partial charge in [0.2, 0.25) is 0 Å². The van der Waals surface area contributed by atoms with Gasteiger partial charge >= 0.3 is 5.97 Å². The van der Waals surface area contributed by atoms with Crippen LogP contribution in [0.4, 0.5) is 0 Å². The van der Waals surface area contributed by atoms with Gasteiger partial charge in [0.15, 0.2) is 0 Å². The minimum atomic E-state index is -0.879. The average molecular weight is 488 g/mol. The van der Waals surface area contributed by atoms with Crippen molar-refractivity contribution < 1.29 is 24.5 Å². The summed E-state index contributed by atoms with van der Waals surface area (Å²) in [6, 6.07) is -0.175. The van der Waals surface area contributed by atoms with Crippen LogP contribution in [-0.2, 0) is 14.3 Å². The summed E-state index contributed by atoms with van der Waals surface area (Å²) in [7, 11) is 1.79. The summed E-state index contributed by atoms with van der Waals surface area (Å²) in [5.74, 6) is 0.872. The lowest BCUT2D eigenvalue weighted by Gasteiger charge is -2.37. The van der Waals surface area contributed by atoms with Gasteiger partial charge in [-0.15, -0.1) is 0 Å². The molecule has 3 rings (SSSR count). The number of allylic oxidation sites excluding steroid dienone is 4. The molecule has 1 saturated heterocycles. The first-order chi connectivity index (χ1) is 16.6. The summed E-state index contributed by atoms with van der Waals surface area (Å²) in [5.41, 5.74) is 2.64. The van der Waals surface area contributed by atoms with Crippen molar-refractivity contribution in [3.63, 3.8) is 0 Å². The molecule has 6 nitrogen and oxygen atoms in total. The Morgan fingerprint density at radius 1 is 1.26 bits per heavy atom. The van der Waals surface area contributed by atoms with Crippen LogP contribution in [0.15, 0.2) is 47.6 Å². The smallest absolute Gasteiger partial charge is 0.305 e. The van der Waals surface area contributed by atoms with E-state index in [1.165, 1.54) is 11.1 Å². The van der Waals surface area contributed by atoms with E-state index in [-0.39, 0.29) is 24.7 Å². The summed E-state index contributed by atoms with van der Waals surface area (Å²) in [5, 5.41) is 22.9. The van der Waals surface area contributed by atoms with E-state index in [0.29, 0.717) is 30.1 Å². The van der Waals surface area contributed by atoms with Crippen molar-refractivity contribution in [1.82, 2.24) is 5.32 Å². The van der Waals surface area contributed by atoms with Crippen molar-refractivity contribution in [3.05, 3.63) is 47.6 Å². The Bertz CT molecular complexity index is 846. The molecule has 0 radical (unpaired) electrons. The number of aliphatic hydroxyl groups is 1. The van der Waals surface area contributed by atoms with Gasteiger partial charge in [-0.25, -0.2) is 0 Å². The molecular weight excluding hydrogens is 442 g/mol. The van der Waals surface area contributed by atoms with Gasteiger partial charge in [0, 0.05) is 6.04 Å². The molecule has 0 aromatic carbocycles. The molecule has 196 valence electrons. The minimum absolute atomic E-state index is 0.0495. The monoisotopic (exact) mass is 487 g/mol. The predicted molar refractivity (Wildman–Crippen MR) is 139 cm³/mol. The van der Waals surface area contributed by atoms with Gasteiger partial charge in [-0.3, -0.25) is 4.79 Å². The molecule has 10 atom stereocenters. The normalized spacial score (nSPS) is 39.1. The molecule has 3 N–H and O–H groups in total. The fourth-order valence-electron chi connectivity index (χ4n) is 5.53. The molecule has 2 aliphatic heterocycles. The maximum absolute atomic E-state index is 11.1. The Hall–Kier alpha value is -1.73. The first-order valence-electron chi connectivity index (χ1n) is 13.2. The molecule has 2 fully saturated rings. The molecule has 2 heterocycles. The summed E-state index contributed by atoms with van der Waals surface area (Å²) < 4.78 is 12.2. The molecule has 6 heteroatoms.